The SMILES string of the molecule is Cc1ccc(COc2c(Br)cccc2CBr)cc1C. The van der Waals surface area contributed by atoms with E-state index in [1.807, 2.05) is 12.1 Å². The molecule has 0 unspecified atom stereocenters. The van der Waals surface area contributed by atoms with Crippen LogP contribution in [0, 0.1) is 13.8 Å². The van der Waals surface area contributed by atoms with Crippen LogP contribution in [0.25, 0.3) is 0 Å². The Hall–Kier alpha value is -0.800. The second kappa shape index (κ2) is 6.58. The molecule has 0 N–H and O–H groups in total. The minimum atomic E-state index is 0.587. The minimum absolute atomic E-state index is 0.587. The Morgan fingerprint density at radius 1 is 1.05 bits per heavy atom. The molecule has 0 saturated carbocycles. The first-order valence-electron chi connectivity index (χ1n) is 6.14. The smallest absolute Gasteiger partial charge is 0.138 e. The van der Waals surface area contributed by atoms with Crippen molar-refractivity contribution in [2.75, 3.05) is 0 Å². The number of hydrogen-bond acceptors (Lipinski definition) is 1. The fourth-order valence-electron chi connectivity index (χ4n) is 1.87. The molecule has 0 aromatic heterocycles. The Balaban J connectivity index is 2.16. The quantitative estimate of drug-likeness (QED) is 0.629. The monoisotopic (exact) mass is 382 g/mol. The summed E-state index contributed by atoms with van der Waals surface area (Å²) in [5, 5.41) is 0.786. The van der Waals surface area contributed by atoms with E-state index in [1.165, 1.54) is 16.7 Å². The maximum Gasteiger partial charge on any atom is 0.138 e. The summed E-state index contributed by atoms with van der Waals surface area (Å²) in [5.41, 5.74) is 4.96. The lowest BCUT2D eigenvalue weighted by molar-refractivity contribution is 0.302. The molecular weight excluding hydrogens is 368 g/mol. The van der Waals surface area contributed by atoms with E-state index in [2.05, 4.69) is 70.0 Å². The van der Waals surface area contributed by atoms with Crippen LogP contribution >= 0.6 is 31.9 Å². The first kappa shape index (κ1) is 14.6. The van der Waals surface area contributed by atoms with Gasteiger partial charge < -0.3 is 4.74 Å². The summed E-state index contributed by atoms with van der Waals surface area (Å²) in [6.45, 7) is 4.83. The molecule has 0 heterocycles. The summed E-state index contributed by atoms with van der Waals surface area (Å²) in [5.74, 6) is 0.914. The summed E-state index contributed by atoms with van der Waals surface area (Å²) in [4.78, 5) is 0. The van der Waals surface area contributed by atoms with Gasteiger partial charge in [0, 0.05) is 10.9 Å². The first-order chi connectivity index (χ1) is 9.11. The third kappa shape index (κ3) is 3.61. The van der Waals surface area contributed by atoms with Crippen LogP contribution in [0.15, 0.2) is 40.9 Å². The molecule has 2 aromatic rings. The average molecular weight is 384 g/mol. The van der Waals surface area contributed by atoms with Gasteiger partial charge in [-0.1, -0.05) is 46.3 Å². The molecule has 0 amide bonds. The van der Waals surface area contributed by atoms with Crippen LogP contribution < -0.4 is 4.74 Å². The van der Waals surface area contributed by atoms with Crippen molar-refractivity contribution in [3.8, 4) is 5.75 Å². The summed E-state index contributed by atoms with van der Waals surface area (Å²) >= 11 is 7.03. The molecule has 0 aliphatic rings. The van der Waals surface area contributed by atoms with Crippen molar-refractivity contribution in [2.45, 2.75) is 25.8 Å². The zero-order valence-electron chi connectivity index (χ0n) is 11.0. The predicted octanol–water partition coefficient (Wildman–Crippen LogP) is 5.54. The highest BCUT2D eigenvalue weighted by Gasteiger charge is 2.07. The van der Waals surface area contributed by atoms with E-state index in [4.69, 9.17) is 4.74 Å². The highest BCUT2D eigenvalue weighted by molar-refractivity contribution is 9.10. The number of ether oxygens (including phenoxy) is 1. The molecule has 2 rings (SSSR count). The van der Waals surface area contributed by atoms with E-state index < -0.39 is 0 Å². The molecule has 2 aromatic carbocycles. The van der Waals surface area contributed by atoms with Crippen molar-refractivity contribution >= 4 is 31.9 Å². The van der Waals surface area contributed by atoms with Crippen molar-refractivity contribution in [3.05, 3.63) is 63.1 Å². The summed E-state index contributed by atoms with van der Waals surface area (Å²) in [7, 11) is 0. The van der Waals surface area contributed by atoms with Crippen LogP contribution in [0.2, 0.25) is 0 Å². The number of para-hydroxylation sites is 1. The minimum Gasteiger partial charge on any atom is -0.487 e. The second-order valence-electron chi connectivity index (χ2n) is 4.57. The van der Waals surface area contributed by atoms with E-state index in [9.17, 15) is 0 Å². The molecule has 1 nitrogen and oxygen atoms in total. The fourth-order valence-corrected chi connectivity index (χ4v) is 2.83. The van der Waals surface area contributed by atoms with Crippen LogP contribution in [0.1, 0.15) is 22.3 Å². The Kier molecular flexibility index (Phi) is 5.06. The van der Waals surface area contributed by atoms with Gasteiger partial charge in [0.15, 0.2) is 0 Å². The zero-order valence-corrected chi connectivity index (χ0v) is 14.2. The second-order valence-corrected chi connectivity index (χ2v) is 5.98. The summed E-state index contributed by atoms with van der Waals surface area (Å²) < 4.78 is 6.96. The lowest BCUT2D eigenvalue weighted by Gasteiger charge is -2.12. The van der Waals surface area contributed by atoms with Gasteiger partial charge in [-0.2, -0.15) is 0 Å². The molecular formula is C16H16Br2O. The van der Waals surface area contributed by atoms with Gasteiger partial charge in [0.05, 0.1) is 4.47 Å². The van der Waals surface area contributed by atoms with Crippen LogP contribution in [0.5, 0.6) is 5.75 Å². The van der Waals surface area contributed by atoms with E-state index >= 15 is 0 Å². The molecule has 0 spiro atoms. The van der Waals surface area contributed by atoms with Crippen molar-refractivity contribution in [1.29, 1.82) is 0 Å². The van der Waals surface area contributed by atoms with Gasteiger partial charge in [0.25, 0.3) is 0 Å². The van der Waals surface area contributed by atoms with Crippen LogP contribution in [0.3, 0.4) is 0 Å². The molecule has 100 valence electrons. The Labute approximate surface area is 131 Å². The molecule has 19 heavy (non-hydrogen) atoms. The number of rotatable bonds is 4. The van der Waals surface area contributed by atoms with Gasteiger partial charge >= 0.3 is 0 Å². The van der Waals surface area contributed by atoms with Crippen LogP contribution in [-0.4, -0.2) is 0 Å². The van der Waals surface area contributed by atoms with Crippen molar-refractivity contribution < 1.29 is 4.74 Å². The van der Waals surface area contributed by atoms with E-state index in [1.54, 1.807) is 0 Å². The number of alkyl halides is 1. The first-order valence-corrected chi connectivity index (χ1v) is 8.05. The van der Waals surface area contributed by atoms with E-state index in [-0.39, 0.29) is 0 Å². The molecule has 0 fully saturated rings. The third-order valence-electron chi connectivity index (χ3n) is 3.15. The third-order valence-corrected chi connectivity index (χ3v) is 4.38. The lowest BCUT2D eigenvalue weighted by Crippen LogP contribution is -1.99. The predicted molar refractivity (Wildman–Crippen MR) is 87.0 cm³/mol. The number of halogens is 2. The summed E-state index contributed by atoms with van der Waals surface area (Å²) in [6.07, 6.45) is 0. The summed E-state index contributed by atoms with van der Waals surface area (Å²) in [6, 6.07) is 12.5. The number of aryl methyl sites for hydroxylation is 2. The largest absolute Gasteiger partial charge is 0.487 e. The van der Waals surface area contributed by atoms with Gasteiger partial charge in [-0.15, -0.1) is 0 Å². The molecule has 0 saturated heterocycles. The van der Waals surface area contributed by atoms with Gasteiger partial charge in [0.1, 0.15) is 12.4 Å². The maximum absolute atomic E-state index is 5.96. The van der Waals surface area contributed by atoms with Gasteiger partial charge in [-0.3, -0.25) is 0 Å². The Bertz CT molecular complexity index is 579. The highest BCUT2D eigenvalue weighted by Crippen LogP contribution is 2.31. The van der Waals surface area contributed by atoms with E-state index in [0.717, 1.165) is 21.1 Å². The highest BCUT2D eigenvalue weighted by atomic mass is 79.9. The van der Waals surface area contributed by atoms with Crippen molar-refractivity contribution in [1.82, 2.24) is 0 Å². The van der Waals surface area contributed by atoms with Gasteiger partial charge in [-0.05, 0) is 52.5 Å². The molecule has 0 radical (unpaired) electrons. The van der Waals surface area contributed by atoms with Crippen LogP contribution in [0.4, 0.5) is 0 Å². The van der Waals surface area contributed by atoms with E-state index in [0.29, 0.717) is 6.61 Å². The number of benzene rings is 2. The average Bonchev–Trinajstić information content (AvgIpc) is 2.41. The Morgan fingerprint density at radius 2 is 1.84 bits per heavy atom. The van der Waals surface area contributed by atoms with Gasteiger partial charge in [-0.25, -0.2) is 0 Å². The van der Waals surface area contributed by atoms with Crippen LogP contribution in [-0.2, 0) is 11.9 Å². The zero-order chi connectivity index (χ0) is 13.8. The molecule has 3 heteroatoms. The molecule has 0 atom stereocenters. The van der Waals surface area contributed by atoms with Crippen molar-refractivity contribution in [3.63, 3.8) is 0 Å². The van der Waals surface area contributed by atoms with Crippen molar-refractivity contribution in [2.24, 2.45) is 0 Å². The molecule has 0 aliphatic heterocycles. The number of hydrogen-bond donors (Lipinski definition) is 0. The van der Waals surface area contributed by atoms with Gasteiger partial charge in [0.2, 0.25) is 0 Å². The fraction of sp³-hybridized carbons (Fsp3) is 0.250. The molecule has 0 aliphatic carbocycles. The molecule has 0 bridgehead atoms. The lowest BCUT2D eigenvalue weighted by atomic mass is 10.1. The maximum atomic E-state index is 5.96. The Morgan fingerprint density at radius 3 is 2.53 bits per heavy atom. The topological polar surface area (TPSA) is 9.23 Å². The standard InChI is InChI=1S/C16H16Br2O/c1-11-6-7-13(8-12(11)2)10-19-16-14(9-17)4-3-5-15(16)18/h3-8H,9-10H2,1-2H3. The normalized spacial score (nSPS) is 10.5.